The smallest absolute Gasteiger partial charge is 0.150 e. The first-order valence-electron chi connectivity index (χ1n) is 5.11. The number of anilines is 1. The van der Waals surface area contributed by atoms with E-state index in [1.54, 1.807) is 0 Å². The van der Waals surface area contributed by atoms with E-state index in [9.17, 15) is 0 Å². The predicted molar refractivity (Wildman–Crippen MR) is 65.3 cm³/mol. The van der Waals surface area contributed by atoms with Crippen LogP contribution in [0.5, 0.6) is 11.5 Å². The van der Waals surface area contributed by atoms with Gasteiger partial charge in [-0.2, -0.15) is 0 Å². The van der Waals surface area contributed by atoms with Crippen LogP contribution >= 0.6 is 0 Å². The molecule has 0 amide bonds. The van der Waals surface area contributed by atoms with Crippen LogP contribution < -0.4 is 16.2 Å². The Labute approximate surface area is 94.6 Å². The summed E-state index contributed by atoms with van der Waals surface area (Å²) in [4.78, 5) is 0. The Morgan fingerprint density at radius 2 is 1.81 bits per heavy atom. The van der Waals surface area contributed by atoms with Gasteiger partial charge in [0.15, 0.2) is 0 Å². The SMILES string of the molecule is NCc1cccc(Oc2ccccc2N)c1. The van der Waals surface area contributed by atoms with E-state index >= 15 is 0 Å². The molecule has 4 N–H and O–H groups in total. The Morgan fingerprint density at radius 3 is 2.56 bits per heavy atom. The molecule has 0 saturated carbocycles. The molecule has 0 aromatic heterocycles. The molecular formula is C13H14N2O. The lowest BCUT2D eigenvalue weighted by atomic mass is 10.2. The highest BCUT2D eigenvalue weighted by molar-refractivity contribution is 5.53. The molecule has 0 unspecified atom stereocenters. The first-order chi connectivity index (χ1) is 7.79. The minimum Gasteiger partial charge on any atom is -0.455 e. The highest BCUT2D eigenvalue weighted by Crippen LogP contribution is 2.27. The van der Waals surface area contributed by atoms with Gasteiger partial charge in [-0.3, -0.25) is 0 Å². The largest absolute Gasteiger partial charge is 0.455 e. The van der Waals surface area contributed by atoms with Gasteiger partial charge in [0.2, 0.25) is 0 Å². The van der Waals surface area contributed by atoms with Gasteiger partial charge in [0.25, 0.3) is 0 Å². The topological polar surface area (TPSA) is 61.3 Å². The Bertz CT molecular complexity index is 483. The molecule has 3 heteroatoms. The van der Waals surface area contributed by atoms with Crippen molar-refractivity contribution in [3.63, 3.8) is 0 Å². The third kappa shape index (κ3) is 2.32. The third-order valence-corrected chi connectivity index (χ3v) is 2.28. The molecule has 2 aromatic rings. The van der Waals surface area contributed by atoms with E-state index in [2.05, 4.69) is 0 Å². The average Bonchev–Trinajstić information content (AvgIpc) is 2.32. The van der Waals surface area contributed by atoms with Gasteiger partial charge < -0.3 is 16.2 Å². The molecule has 0 aliphatic heterocycles. The number of benzene rings is 2. The maximum Gasteiger partial charge on any atom is 0.150 e. The number of rotatable bonds is 3. The number of nitrogen functional groups attached to an aromatic ring is 1. The summed E-state index contributed by atoms with van der Waals surface area (Å²) in [5, 5.41) is 0. The molecule has 0 bridgehead atoms. The fourth-order valence-corrected chi connectivity index (χ4v) is 1.44. The second-order valence-electron chi connectivity index (χ2n) is 3.49. The second kappa shape index (κ2) is 4.68. The molecule has 0 atom stereocenters. The Hall–Kier alpha value is -2.00. The van der Waals surface area contributed by atoms with Crippen LogP contribution in [0.2, 0.25) is 0 Å². The fraction of sp³-hybridized carbons (Fsp3) is 0.0769. The highest BCUT2D eigenvalue weighted by atomic mass is 16.5. The van der Waals surface area contributed by atoms with E-state index in [0.29, 0.717) is 18.0 Å². The molecule has 0 heterocycles. The van der Waals surface area contributed by atoms with Crippen LogP contribution in [0, 0.1) is 0 Å². The van der Waals surface area contributed by atoms with Gasteiger partial charge in [-0.25, -0.2) is 0 Å². The first kappa shape index (κ1) is 10.5. The first-order valence-corrected chi connectivity index (χ1v) is 5.11. The molecule has 0 spiro atoms. The molecule has 82 valence electrons. The summed E-state index contributed by atoms with van der Waals surface area (Å²) >= 11 is 0. The van der Waals surface area contributed by atoms with E-state index < -0.39 is 0 Å². The van der Waals surface area contributed by atoms with Crippen molar-refractivity contribution in [2.45, 2.75) is 6.54 Å². The molecule has 0 radical (unpaired) electrons. The fourth-order valence-electron chi connectivity index (χ4n) is 1.44. The summed E-state index contributed by atoms with van der Waals surface area (Å²) in [5.41, 5.74) is 13.0. The van der Waals surface area contributed by atoms with E-state index in [1.165, 1.54) is 0 Å². The van der Waals surface area contributed by atoms with E-state index in [0.717, 1.165) is 11.3 Å². The van der Waals surface area contributed by atoms with Crippen LogP contribution in [-0.2, 0) is 6.54 Å². The van der Waals surface area contributed by atoms with Crippen molar-refractivity contribution in [2.24, 2.45) is 5.73 Å². The molecule has 0 aliphatic carbocycles. The van der Waals surface area contributed by atoms with E-state index in [1.807, 2.05) is 48.5 Å². The molecule has 0 fully saturated rings. The molecule has 3 nitrogen and oxygen atoms in total. The minimum atomic E-state index is 0.501. The lowest BCUT2D eigenvalue weighted by molar-refractivity contribution is 0.484. The number of hydrogen-bond acceptors (Lipinski definition) is 3. The van der Waals surface area contributed by atoms with Crippen molar-refractivity contribution in [1.29, 1.82) is 0 Å². The Balaban J connectivity index is 2.24. The lowest BCUT2D eigenvalue weighted by Crippen LogP contribution is -1.96. The molecule has 16 heavy (non-hydrogen) atoms. The molecule has 2 aromatic carbocycles. The van der Waals surface area contributed by atoms with Crippen LogP contribution in [0.4, 0.5) is 5.69 Å². The van der Waals surface area contributed by atoms with Crippen LogP contribution in [0.1, 0.15) is 5.56 Å². The number of nitrogens with two attached hydrogens (primary N) is 2. The summed E-state index contributed by atoms with van der Waals surface area (Å²) in [5.74, 6) is 1.41. The van der Waals surface area contributed by atoms with Gasteiger partial charge in [0, 0.05) is 6.54 Å². The molecular weight excluding hydrogens is 200 g/mol. The van der Waals surface area contributed by atoms with Crippen LogP contribution in [-0.4, -0.2) is 0 Å². The Morgan fingerprint density at radius 1 is 1.00 bits per heavy atom. The highest BCUT2D eigenvalue weighted by Gasteiger charge is 2.01. The monoisotopic (exact) mass is 214 g/mol. The quantitative estimate of drug-likeness (QED) is 0.772. The average molecular weight is 214 g/mol. The van der Waals surface area contributed by atoms with Gasteiger partial charge in [-0.15, -0.1) is 0 Å². The normalized spacial score (nSPS) is 10.1. The van der Waals surface area contributed by atoms with Gasteiger partial charge in [0.1, 0.15) is 11.5 Å². The van der Waals surface area contributed by atoms with Gasteiger partial charge >= 0.3 is 0 Å². The number of ether oxygens (including phenoxy) is 1. The van der Waals surface area contributed by atoms with E-state index in [-0.39, 0.29) is 0 Å². The van der Waals surface area contributed by atoms with Crippen molar-refractivity contribution in [3.05, 3.63) is 54.1 Å². The van der Waals surface area contributed by atoms with Crippen LogP contribution in [0.3, 0.4) is 0 Å². The minimum absolute atomic E-state index is 0.501. The van der Waals surface area contributed by atoms with Crippen molar-refractivity contribution >= 4 is 5.69 Å². The van der Waals surface area contributed by atoms with Crippen molar-refractivity contribution in [2.75, 3.05) is 5.73 Å². The molecule has 0 aliphatic rings. The second-order valence-corrected chi connectivity index (χ2v) is 3.49. The molecule has 2 rings (SSSR count). The van der Waals surface area contributed by atoms with Crippen molar-refractivity contribution in [1.82, 2.24) is 0 Å². The maximum absolute atomic E-state index is 5.79. The lowest BCUT2D eigenvalue weighted by Gasteiger charge is -2.08. The summed E-state index contributed by atoms with van der Waals surface area (Å²) in [6.07, 6.45) is 0. The van der Waals surface area contributed by atoms with Crippen LogP contribution in [0.25, 0.3) is 0 Å². The Kier molecular flexibility index (Phi) is 3.08. The van der Waals surface area contributed by atoms with E-state index in [4.69, 9.17) is 16.2 Å². The van der Waals surface area contributed by atoms with Gasteiger partial charge in [-0.05, 0) is 29.8 Å². The standard InChI is InChI=1S/C13H14N2O/c14-9-10-4-3-5-11(8-10)16-13-7-2-1-6-12(13)15/h1-8H,9,14-15H2. The zero-order chi connectivity index (χ0) is 11.4. The van der Waals surface area contributed by atoms with Crippen molar-refractivity contribution in [3.8, 4) is 11.5 Å². The zero-order valence-corrected chi connectivity index (χ0v) is 8.89. The van der Waals surface area contributed by atoms with Gasteiger partial charge in [0.05, 0.1) is 5.69 Å². The summed E-state index contributed by atoms with van der Waals surface area (Å²) < 4.78 is 5.67. The van der Waals surface area contributed by atoms with Crippen molar-refractivity contribution < 1.29 is 4.74 Å². The summed E-state index contributed by atoms with van der Waals surface area (Å²) in [7, 11) is 0. The third-order valence-electron chi connectivity index (χ3n) is 2.28. The summed E-state index contributed by atoms with van der Waals surface area (Å²) in [6.45, 7) is 0.501. The van der Waals surface area contributed by atoms with Crippen LogP contribution in [0.15, 0.2) is 48.5 Å². The number of para-hydroxylation sites is 2. The molecule has 0 saturated heterocycles. The predicted octanol–water partition coefficient (Wildman–Crippen LogP) is 2.52. The maximum atomic E-state index is 5.79. The number of hydrogen-bond donors (Lipinski definition) is 2. The zero-order valence-electron chi connectivity index (χ0n) is 8.89. The summed E-state index contributed by atoms with van der Waals surface area (Å²) in [6, 6.07) is 15.1. The van der Waals surface area contributed by atoms with Gasteiger partial charge in [-0.1, -0.05) is 24.3 Å².